The van der Waals surface area contributed by atoms with Crippen LogP contribution in [0.2, 0.25) is 0 Å². The maximum Gasteiger partial charge on any atom is 0.300 e. The van der Waals surface area contributed by atoms with Crippen LogP contribution in [-0.4, -0.2) is 69.0 Å². The molecule has 0 unspecified atom stereocenters. The Morgan fingerprint density at radius 2 is 1.04 bits per heavy atom. The fourth-order valence-electron chi connectivity index (χ4n) is 8.79. The first-order chi connectivity index (χ1) is 42.7. The van der Waals surface area contributed by atoms with Crippen LogP contribution in [0.25, 0.3) is 40.1 Å². The molecule has 472 valence electrons. The number of nitrogens with zero attached hydrogens (tertiary/aromatic N) is 8. The molecule has 0 spiro atoms. The van der Waals surface area contributed by atoms with Gasteiger partial charge in [0.1, 0.15) is 46.7 Å². The Balaban J connectivity index is 0.000000491. The quantitative estimate of drug-likeness (QED) is 0.0272. The van der Waals surface area contributed by atoms with Crippen molar-refractivity contribution in [3.8, 4) is 35.8 Å². The Labute approximate surface area is 542 Å². The summed E-state index contributed by atoms with van der Waals surface area (Å²) in [5, 5.41) is 43.0. The van der Waals surface area contributed by atoms with Gasteiger partial charge in [-0.25, -0.2) is 15.0 Å². The van der Waals surface area contributed by atoms with Crippen molar-refractivity contribution in [1.29, 1.82) is 21.0 Å². The van der Waals surface area contributed by atoms with Gasteiger partial charge < -0.3 is 40.0 Å². The molecule has 0 atom stereocenters. The van der Waals surface area contributed by atoms with Gasteiger partial charge in [0.05, 0.1) is 43.9 Å². The number of thiophene rings is 2. The standard InChI is InChI=1S/C35H38N4O2S.C24H31NO2S.C11H9N3O.C2H4O2.H3N/c1-8-10-22-39(23-11-9-2)27-17-16-26(32(24-27)40-7)14-12-13-15-28-18-19-29(42-28)20-21-30-33(38-6)34(31(25-36)37-5)41-35(30,3)4;1-4-6-16-25(17-7-5-2)21-13-12-20(24(18-21)27-3)10-8-9-11-22-14-15-23(19-26)28-22;1-7-9(6-14)10(8(4-12)5-13)15-11(7,2)3;1-2(3)4;/h12-21,24H,8-11,22-23H2,1-4,7H3;8-15,18-19H,4-7,16-17H2,1-3H3;1-3H3;1H3,(H,3,4);1H3/b14-12+,15-13+,21-20+,34-31+;10-8+,11-9+;;;. The molecular weight excluding hydrogens is 1170 g/mol. The van der Waals surface area contributed by atoms with Gasteiger partial charge in [0, 0.05) is 87.9 Å². The maximum atomic E-state index is 10.8. The van der Waals surface area contributed by atoms with E-state index in [0.29, 0.717) is 5.57 Å². The number of carbonyl (C=O) groups is 2. The highest BCUT2D eigenvalue weighted by Crippen LogP contribution is 2.42. The summed E-state index contributed by atoms with van der Waals surface area (Å²) in [5.74, 6) is 1.08. The maximum absolute atomic E-state index is 10.8. The largest absolute Gasteiger partial charge is 0.505 e. The first-order valence-corrected chi connectivity index (χ1v) is 31.1. The Morgan fingerprint density at radius 1 is 0.633 bits per heavy atom. The topological polar surface area (TPSA) is 237 Å². The molecule has 0 saturated carbocycles. The molecule has 2 aliphatic heterocycles. The van der Waals surface area contributed by atoms with Crippen molar-refractivity contribution >= 4 is 76.7 Å². The second-order valence-electron chi connectivity index (χ2n) is 21.2. The minimum Gasteiger partial charge on any atom is -0.505 e. The Bertz CT molecular complexity index is 3570. The number of aliphatic carboxylic acids is 1. The van der Waals surface area contributed by atoms with E-state index in [9.17, 15) is 10.1 Å². The van der Waals surface area contributed by atoms with Crippen LogP contribution in [-0.2, 0) is 14.3 Å². The normalized spacial score (nSPS) is 14.0. The molecule has 18 heteroatoms. The molecule has 0 saturated heterocycles. The molecule has 0 amide bonds. The molecule has 4 N–H and O–H groups in total. The minimum absolute atomic E-state index is 0. The predicted molar refractivity (Wildman–Crippen MR) is 367 cm³/mol. The minimum atomic E-state index is -0.833. The third-order valence-corrected chi connectivity index (χ3v) is 15.8. The van der Waals surface area contributed by atoms with Crippen LogP contribution in [0.5, 0.6) is 11.5 Å². The van der Waals surface area contributed by atoms with Crippen LogP contribution in [0.3, 0.4) is 0 Å². The Kier molecular flexibility index (Phi) is 34.0. The van der Waals surface area contributed by atoms with Crippen molar-refractivity contribution in [3.05, 3.63) is 190 Å². The van der Waals surface area contributed by atoms with Gasteiger partial charge in [0.2, 0.25) is 5.70 Å². The summed E-state index contributed by atoms with van der Waals surface area (Å²) >= 11 is 3.11. The summed E-state index contributed by atoms with van der Waals surface area (Å²) < 4.78 is 22.7. The summed E-state index contributed by atoms with van der Waals surface area (Å²) in [7, 11) is 3.44. The predicted octanol–water partition coefficient (Wildman–Crippen LogP) is 18.4. The molecule has 6 rings (SSSR count). The number of hydrogen-bond acceptors (Lipinski definition) is 15. The van der Waals surface area contributed by atoms with Crippen LogP contribution in [0.15, 0.2) is 136 Å². The molecule has 0 radical (unpaired) electrons. The van der Waals surface area contributed by atoms with Crippen molar-refractivity contribution in [1.82, 2.24) is 6.15 Å². The molecule has 0 aliphatic carbocycles. The van der Waals surface area contributed by atoms with Crippen molar-refractivity contribution in [2.24, 2.45) is 0 Å². The van der Waals surface area contributed by atoms with E-state index in [4.69, 9.17) is 57.8 Å². The lowest BCUT2D eigenvalue weighted by Gasteiger charge is -2.25. The molecule has 16 nitrogen and oxygen atoms in total. The molecule has 0 bridgehead atoms. The average Bonchev–Trinajstić information content (AvgIpc) is 1.69. The van der Waals surface area contributed by atoms with Gasteiger partial charge in [0.15, 0.2) is 17.6 Å². The van der Waals surface area contributed by atoms with E-state index in [1.54, 1.807) is 58.5 Å². The number of aldehydes is 1. The Hall–Kier alpha value is -9.66. The summed E-state index contributed by atoms with van der Waals surface area (Å²) in [4.78, 5) is 35.4. The van der Waals surface area contributed by atoms with Gasteiger partial charge in [-0.2, -0.15) is 15.8 Å². The number of carboxylic acid groups (broad SMARTS) is 1. The van der Waals surface area contributed by atoms with Crippen molar-refractivity contribution < 1.29 is 33.6 Å². The second kappa shape index (κ2) is 40.0. The van der Waals surface area contributed by atoms with Crippen LogP contribution >= 0.6 is 22.7 Å². The van der Waals surface area contributed by atoms with Crippen LogP contribution in [0.4, 0.5) is 11.4 Å². The lowest BCUT2D eigenvalue weighted by molar-refractivity contribution is -0.134. The first-order valence-electron chi connectivity index (χ1n) is 29.5. The Morgan fingerprint density at radius 3 is 1.41 bits per heavy atom. The van der Waals surface area contributed by atoms with Crippen molar-refractivity contribution in [3.63, 3.8) is 0 Å². The fourth-order valence-corrected chi connectivity index (χ4v) is 10.4. The third-order valence-electron chi connectivity index (χ3n) is 13.9. The number of anilines is 2. The fraction of sp³-hybridized carbons (Fsp3) is 0.361. The van der Waals surface area contributed by atoms with Crippen LogP contribution in [0, 0.1) is 58.5 Å². The average molecular weight is 1250 g/mol. The highest BCUT2D eigenvalue weighted by atomic mass is 32.1. The molecule has 0 fully saturated rings. The van der Waals surface area contributed by atoms with Gasteiger partial charge in [-0.1, -0.05) is 95.9 Å². The third kappa shape index (κ3) is 23.5. The molecule has 2 aromatic heterocycles. The van der Waals surface area contributed by atoms with E-state index in [0.717, 1.165) is 87.1 Å². The van der Waals surface area contributed by atoms with E-state index < -0.39 is 17.2 Å². The molecule has 90 heavy (non-hydrogen) atoms. The number of carbonyl (C=O) groups excluding carboxylic acids is 1. The van der Waals surface area contributed by atoms with Crippen molar-refractivity contribution in [2.45, 2.75) is 132 Å². The number of allylic oxidation sites excluding steroid dienone is 7. The number of nitriles is 4. The molecular formula is C72H85N9O7S2. The zero-order valence-corrected chi connectivity index (χ0v) is 55.7. The summed E-state index contributed by atoms with van der Waals surface area (Å²) in [6.45, 7) is 38.1. The van der Waals surface area contributed by atoms with E-state index in [2.05, 4.69) is 102 Å². The van der Waals surface area contributed by atoms with Gasteiger partial charge in [0.25, 0.3) is 11.7 Å². The second-order valence-corrected chi connectivity index (χ2v) is 23.5. The zero-order valence-electron chi connectivity index (χ0n) is 54.1. The SMILES string of the molecule is CC(=O)O.CC1=C(C#N)C(=C(C#N)C#N)OC1(C)C.CCCCN(CCCC)c1ccc(/C=C/C=C/c2ccc(C=O)s2)c(OC)c1.N.[C-]#[N+]C1=C(/C=C/c2ccc(/C=C/C=C/c3ccc(N(CCCC)CCCC)cc3OC)s2)C(C)(C)O/C1=C(\C#N)[N+]#[C-]. The number of ether oxygens (including phenoxy) is 4. The van der Waals surface area contributed by atoms with Gasteiger partial charge in [-0.05, 0) is 133 Å². The molecule has 2 aliphatic rings. The van der Waals surface area contributed by atoms with E-state index in [1.165, 1.54) is 74.1 Å². The number of unbranched alkanes of at least 4 members (excludes halogenated alkanes) is 4. The van der Waals surface area contributed by atoms with E-state index >= 15 is 0 Å². The monoisotopic (exact) mass is 1250 g/mol. The van der Waals surface area contributed by atoms with Crippen LogP contribution in [0.1, 0.15) is 156 Å². The lowest BCUT2D eigenvalue weighted by atomic mass is 9.97. The van der Waals surface area contributed by atoms with Gasteiger partial charge in [-0.3, -0.25) is 9.59 Å². The lowest BCUT2D eigenvalue weighted by Crippen LogP contribution is -2.25. The summed E-state index contributed by atoms with van der Waals surface area (Å²) in [6.07, 6.45) is 30.4. The van der Waals surface area contributed by atoms with Gasteiger partial charge in [-0.15, -0.1) is 22.7 Å². The van der Waals surface area contributed by atoms with E-state index in [1.807, 2.05) is 92.8 Å². The number of rotatable bonds is 25. The highest BCUT2D eigenvalue weighted by molar-refractivity contribution is 7.14. The summed E-state index contributed by atoms with van der Waals surface area (Å²) in [6, 6.07) is 28.0. The molecule has 2 aromatic carbocycles. The van der Waals surface area contributed by atoms with Gasteiger partial charge >= 0.3 is 0 Å². The zero-order chi connectivity index (χ0) is 65.9. The first kappa shape index (κ1) is 76.4. The number of benzene rings is 2. The van der Waals surface area contributed by atoms with Crippen LogP contribution < -0.4 is 25.4 Å². The molecule has 4 aromatic rings. The molecule has 4 heterocycles. The smallest absolute Gasteiger partial charge is 0.300 e. The summed E-state index contributed by atoms with van der Waals surface area (Å²) in [5.41, 5.74) is 4.61. The number of carboxylic acids is 1. The number of hydrogen-bond donors (Lipinski definition) is 2. The van der Waals surface area contributed by atoms with Crippen molar-refractivity contribution in [2.75, 3.05) is 50.2 Å². The number of methoxy groups -OCH3 is 2. The van der Waals surface area contributed by atoms with E-state index in [-0.39, 0.29) is 40.2 Å². The highest BCUT2D eigenvalue weighted by Gasteiger charge is 2.39.